The van der Waals surface area contributed by atoms with E-state index >= 15 is 0 Å². The van der Waals surface area contributed by atoms with Crippen LogP contribution in [0.5, 0.6) is 0 Å². The standard InChI is InChI=1S/C18H20ClN3O2/c1-13-12-22(18(23)20-16-10-8-15(19)9-11-16)17(24-21(13)2)14-6-4-3-5-7-14/h3-11,13,17H,12H2,1-2H3,(H,20,23)/t13-,17+/m0/s1. The molecule has 1 heterocycles. The largest absolute Gasteiger partial charge is 0.324 e. The molecule has 1 saturated heterocycles. The minimum absolute atomic E-state index is 0.0981. The zero-order valence-corrected chi connectivity index (χ0v) is 14.4. The Morgan fingerprint density at radius 3 is 2.50 bits per heavy atom. The van der Waals surface area contributed by atoms with Gasteiger partial charge in [0.25, 0.3) is 0 Å². The van der Waals surface area contributed by atoms with Gasteiger partial charge in [-0.15, -0.1) is 0 Å². The second-order valence-corrected chi connectivity index (χ2v) is 6.29. The number of anilines is 1. The fraction of sp³-hybridized carbons (Fsp3) is 0.278. The number of benzene rings is 2. The number of hydroxylamine groups is 2. The van der Waals surface area contributed by atoms with E-state index in [4.69, 9.17) is 16.4 Å². The minimum atomic E-state index is -0.459. The lowest BCUT2D eigenvalue weighted by molar-refractivity contribution is -0.272. The zero-order valence-electron chi connectivity index (χ0n) is 13.6. The van der Waals surface area contributed by atoms with Crippen molar-refractivity contribution in [1.29, 1.82) is 0 Å². The molecule has 3 rings (SSSR count). The van der Waals surface area contributed by atoms with Crippen molar-refractivity contribution in [3.63, 3.8) is 0 Å². The third kappa shape index (κ3) is 3.70. The second kappa shape index (κ2) is 7.21. The van der Waals surface area contributed by atoms with Gasteiger partial charge in [-0.25, -0.2) is 4.79 Å². The van der Waals surface area contributed by atoms with E-state index in [1.807, 2.05) is 44.3 Å². The van der Waals surface area contributed by atoms with Gasteiger partial charge in [0.1, 0.15) is 0 Å². The van der Waals surface area contributed by atoms with Crippen molar-refractivity contribution in [2.75, 3.05) is 18.9 Å². The Hall–Kier alpha value is -2.08. The van der Waals surface area contributed by atoms with E-state index in [9.17, 15) is 4.79 Å². The summed E-state index contributed by atoms with van der Waals surface area (Å²) in [6.07, 6.45) is -0.459. The third-order valence-corrected chi connectivity index (χ3v) is 4.32. The zero-order chi connectivity index (χ0) is 17.1. The minimum Gasteiger partial charge on any atom is -0.308 e. The highest BCUT2D eigenvalue weighted by molar-refractivity contribution is 6.30. The first-order valence-corrected chi connectivity index (χ1v) is 8.20. The van der Waals surface area contributed by atoms with Crippen LogP contribution < -0.4 is 5.32 Å². The van der Waals surface area contributed by atoms with Crippen molar-refractivity contribution in [2.45, 2.75) is 19.2 Å². The Balaban J connectivity index is 1.81. The average molecular weight is 346 g/mol. The molecule has 5 nitrogen and oxygen atoms in total. The molecule has 0 bridgehead atoms. The molecule has 1 aliphatic heterocycles. The van der Waals surface area contributed by atoms with Crippen molar-refractivity contribution in [1.82, 2.24) is 9.96 Å². The molecule has 1 aliphatic rings. The van der Waals surface area contributed by atoms with Crippen molar-refractivity contribution >= 4 is 23.3 Å². The number of nitrogens with zero attached hydrogens (tertiary/aromatic N) is 2. The van der Waals surface area contributed by atoms with Gasteiger partial charge in [-0.2, -0.15) is 5.06 Å². The highest BCUT2D eigenvalue weighted by Gasteiger charge is 2.35. The van der Waals surface area contributed by atoms with Crippen LogP contribution in [-0.2, 0) is 4.84 Å². The van der Waals surface area contributed by atoms with Crippen molar-refractivity contribution in [3.8, 4) is 0 Å². The molecule has 2 atom stereocenters. The molecule has 2 aromatic rings. The summed E-state index contributed by atoms with van der Waals surface area (Å²) in [6.45, 7) is 2.58. The Kier molecular flexibility index (Phi) is 5.04. The van der Waals surface area contributed by atoms with E-state index in [1.165, 1.54) is 0 Å². The molecule has 0 aliphatic carbocycles. The molecule has 0 unspecified atom stereocenters. The molecule has 0 radical (unpaired) electrons. The summed E-state index contributed by atoms with van der Waals surface area (Å²) in [5, 5.41) is 5.33. The van der Waals surface area contributed by atoms with Gasteiger partial charge in [0.05, 0.1) is 6.04 Å². The number of urea groups is 1. The number of carbonyl (C=O) groups is 1. The fourth-order valence-electron chi connectivity index (χ4n) is 2.59. The van der Waals surface area contributed by atoms with Crippen LogP contribution in [0.4, 0.5) is 10.5 Å². The smallest absolute Gasteiger partial charge is 0.308 e. The van der Waals surface area contributed by atoms with E-state index in [0.29, 0.717) is 17.3 Å². The maximum atomic E-state index is 12.8. The first-order valence-electron chi connectivity index (χ1n) is 7.82. The van der Waals surface area contributed by atoms with Gasteiger partial charge in [-0.05, 0) is 31.2 Å². The lowest BCUT2D eigenvalue weighted by Gasteiger charge is -2.42. The van der Waals surface area contributed by atoms with Gasteiger partial charge >= 0.3 is 6.03 Å². The molecule has 1 N–H and O–H groups in total. The van der Waals surface area contributed by atoms with Crippen molar-refractivity contribution < 1.29 is 9.63 Å². The van der Waals surface area contributed by atoms with E-state index < -0.39 is 6.23 Å². The molecule has 0 spiro atoms. The SMILES string of the molecule is C[C@H]1CN(C(=O)Nc2ccc(Cl)cc2)[C@@H](c2ccccc2)ON1C. The summed E-state index contributed by atoms with van der Waals surface area (Å²) in [4.78, 5) is 20.4. The maximum absolute atomic E-state index is 12.8. The van der Waals surface area contributed by atoms with Crippen LogP contribution in [-0.4, -0.2) is 35.6 Å². The fourth-order valence-corrected chi connectivity index (χ4v) is 2.72. The number of carbonyl (C=O) groups excluding carboxylic acids is 1. The summed E-state index contributed by atoms with van der Waals surface area (Å²) in [5.74, 6) is 0. The van der Waals surface area contributed by atoms with Crippen LogP contribution in [0.3, 0.4) is 0 Å². The number of amides is 2. The number of hydrogen-bond acceptors (Lipinski definition) is 3. The normalized spacial score (nSPS) is 21.5. The molecule has 0 aromatic heterocycles. The van der Waals surface area contributed by atoms with Crippen LogP contribution in [0.25, 0.3) is 0 Å². The van der Waals surface area contributed by atoms with Gasteiger partial charge in [-0.3, -0.25) is 9.74 Å². The maximum Gasteiger partial charge on any atom is 0.324 e. The first-order chi connectivity index (χ1) is 11.5. The second-order valence-electron chi connectivity index (χ2n) is 5.85. The summed E-state index contributed by atoms with van der Waals surface area (Å²) in [7, 11) is 1.88. The molecule has 126 valence electrons. The van der Waals surface area contributed by atoms with Gasteiger partial charge in [0, 0.05) is 29.9 Å². The molecular weight excluding hydrogens is 326 g/mol. The van der Waals surface area contributed by atoms with E-state index in [-0.39, 0.29) is 12.1 Å². The highest BCUT2D eigenvalue weighted by Crippen LogP contribution is 2.29. The average Bonchev–Trinajstić information content (AvgIpc) is 2.59. The topological polar surface area (TPSA) is 44.8 Å². The molecular formula is C18H20ClN3O2. The Morgan fingerprint density at radius 2 is 1.83 bits per heavy atom. The molecule has 2 amide bonds. The van der Waals surface area contributed by atoms with Crippen LogP contribution in [0, 0.1) is 0 Å². The Morgan fingerprint density at radius 1 is 1.17 bits per heavy atom. The van der Waals surface area contributed by atoms with Crippen LogP contribution in [0.15, 0.2) is 54.6 Å². The highest BCUT2D eigenvalue weighted by atomic mass is 35.5. The lowest BCUT2D eigenvalue weighted by Crippen LogP contribution is -2.53. The summed E-state index contributed by atoms with van der Waals surface area (Å²) >= 11 is 5.89. The van der Waals surface area contributed by atoms with Crippen molar-refractivity contribution in [2.24, 2.45) is 0 Å². The van der Waals surface area contributed by atoms with Crippen LogP contribution in [0.2, 0.25) is 5.02 Å². The van der Waals surface area contributed by atoms with E-state index in [0.717, 1.165) is 5.56 Å². The van der Waals surface area contributed by atoms with Gasteiger partial charge in [-0.1, -0.05) is 41.9 Å². The number of halogens is 1. The van der Waals surface area contributed by atoms with E-state index in [1.54, 1.807) is 34.2 Å². The number of likely N-dealkylation sites (N-methyl/N-ethyl adjacent to an activating group) is 1. The number of nitrogens with one attached hydrogen (secondary N) is 1. The first kappa shape index (κ1) is 16.8. The third-order valence-electron chi connectivity index (χ3n) is 4.07. The molecule has 24 heavy (non-hydrogen) atoms. The quantitative estimate of drug-likeness (QED) is 0.889. The molecule has 0 saturated carbocycles. The van der Waals surface area contributed by atoms with Crippen LogP contribution in [0.1, 0.15) is 18.7 Å². The summed E-state index contributed by atoms with van der Waals surface area (Å²) < 4.78 is 0. The van der Waals surface area contributed by atoms with Gasteiger partial charge in [0.15, 0.2) is 6.23 Å². The monoisotopic (exact) mass is 345 g/mol. The van der Waals surface area contributed by atoms with Gasteiger partial charge in [0.2, 0.25) is 0 Å². The van der Waals surface area contributed by atoms with Gasteiger partial charge < -0.3 is 5.32 Å². The summed E-state index contributed by atoms with van der Waals surface area (Å²) in [5.41, 5.74) is 1.63. The Labute approximate surface area is 146 Å². The van der Waals surface area contributed by atoms with Crippen molar-refractivity contribution in [3.05, 3.63) is 65.2 Å². The number of rotatable bonds is 2. The predicted molar refractivity (Wildman–Crippen MR) is 94.7 cm³/mol. The lowest BCUT2D eigenvalue weighted by atomic mass is 10.1. The van der Waals surface area contributed by atoms with E-state index in [2.05, 4.69) is 5.32 Å². The number of hydrogen-bond donors (Lipinski definition) is 1. The molecule has 6 heteroatoms. The summed E-state index contributed by atoms with van der Waals surface area (Å²) in [6, 6.07) is 16.7. The molecule has 1 fully saturated rings. The Bertz CT molecular complexity index is 693. The van der Waals surface area contributed by atoms with Crippen LogP contribution >= 0.6 is 11.6 Å². The predicted octanol–water partition coefficient (Wildman–Crippen LogP) is 4.14. The molecule has 2 aromatic carbocycles.